The molecule has 0 aliphatic rings. The van der Waals surface area contributed by atoms with E-state index in [1.807, 2.05) is 0 Å². The average Bonchev–Trinajstić information content (AvgIpc) is 3.01. The Morgan fingerprint density at radius 3 is 2.44 bits per heavy atom. The van der Waals surface area contributed by atoms with Gasteiger partial charge in [-0.15, -0.1) is 11.6 Å². The second-order valence-electron chi connectivity index (χ2n) is 4.77. The van der Waals surface area contributed by atoms with Gasteiger partial charge in [0.1, 0.15) is 11.4 Å². The zero-order valence-electron chi connectivity index (χ0n) is 12.9. The monoisotopic (exact) mass is 375 g/mol. The molecule has 0 atom stereocenters. The largest absolute Gasteiger partial charge is 0.462 e. The Hall–Kier alpha value is -2.55. The highest BCUT2D eigenvalue weighted by atomic mass is 35.5. The summed E-state index contributed by atoms with van der Waals surface area (Å²) in [6.07, 6.45) is -4.01. The molecule has 134 valence electrons. The number of anilines is 1. The van der Waals surface area contributed by atoms with Crippen LogP contribution in [0.1, 0.15) is 23.0 Å². The van der Waals surface area contributed by atoms with Gasteiger partial charge in [0.25, 0.3) is 0 Å². The number of halogens is 4. The van der Waals surface area contributed by atoms with Gasteiger partial charge >= 0.3 is 12.1 Å². The van der Waals surface area contributed by atoms with Gasteiger partial charge in [-0.25, -0.2) is 9.48 Å². The molecule has 6 nitrogen and oxygen atoms in total. The second-order valence-corrected chi connectivity index (χ2v) is 5.03. The normalized spacial score (nSPS) is 11.2. The van der Waals surface area contributed by atoms with E-state index in [2.05, 4.69) is 15.2 Å². The second kappa shape index (κ2) is 7.56. The highest BCUT2D eigenvalue weighted by Gasteiger charge is 2.41. The minimum absolute atomic E-state index is 0.0592. The maximum Gasteiger partial charge on any atom is 0.434 e. The molecule has 0 saturated heterocycles. The van der Waals surface area contributed by atoms with Crippen LogP contribution in [0.25, 0.3) is 5.69 Å². The first-order chi connectivity index (χ1) is 11.8. The van der Waals surface area contributed by atoms with E-state index in [0.717, 1.165) is 6.20 Å². The van der Waals surface area contributed by atoms with Gasteiger partial charge in [-0.3, -0.25) is 4.79 Å². The van der Waals surface area contributed by atoms with E-state index >= 15 is 0 Å². The van der Waals surface area contributed by atoms with Crippen molar-refractivity contribution in [3.05, 3.63) is 41.7 Å². The quantitative estimate of drug-likeness (QED) is 0.643. The molecule has 0 fully saturated rings. The molecule has 1 aromatic carbocycles. The van der Waals surface area contributed by atoms with Crippen LogP contribution in [-0.4, -0.2) is 34.1 Å². The molecule has 0 unspecified atom stereocenters. The number of hydrogen-bond donors (Lipinski definition) is 1. The number of carbonyl (C=O) groups is 2. The number of alkyl halides is 4. The molecular formula is C15H13ClF3N3O3. The number of ether oxygens (including phenoxy) is 1. The van der Waals surface area contributed by atoms with Crippen LogP contribution >= 0.6 is 11.6 Å². The van der Waals surface area contributed by atoms with Gasteiger partial charge in [-0.2, -0.15) is 18.3 Å². The lowest BCUT2D eigenvalue weighted by Crippen LogP contribution is -2.18. The molecule has 1 heterocycles. The lowest BCUT2D eigenvalue weighted by molar-refractivity contribution is -0.143. The maximum absolute atomic E-state index is 13.4. The van der Waals surface area contributed by atoms with Gasteiger partial charge < -0.3 is 10.1 Å². The van der Waals surface area contributed by atoms with Crippen LogP contribution in [0.4, 0.5) is 18.9 Å². The molecule has 0 aliphatic heterocycles. The summed E-state index contributed by atoms with van der Waals surface area (Å²) in [4.78, 5) is 22.9. The fraction of sp³-hybridized carbons (Fsp3) is 0.267. The molecule has 1 amide bonds. The fourth-order valence-corrected chi connectivity index (χ4v) is 2.12. The van der Waals surface area contributed by atoms with Crippen LogP contribution in [0.5, 0.6) is 0 Å². The Morgan fingerprint density at radius 1 is 1.28 bits per heavy atom. The number of hydrogen-bond acceptors (Lipinski definition) is 4. The Kier molecular flexibility index (Phi) is 5.68. The van der Waals surface area contributed by atoms with Crippen molar-refractivity contribution >= 4 is 29.2 Å². The predicted octanol–water partition coefficient (Wildman–Crippen LogP) is 3.25. The van der Waals surface area contributed by atoms with Crippen molar-refractivity contribution in [3.8, 4) is 5.69 Å². The first-order valence-electron chi connectivity index (χ1n) is 7.06. The summed E-state index contributed by atoms with van der Waals surface area (Å²) in [5.41, 5.74) is -1.48. The number of carbonyl (C=O) groups excluding carboxylic acids is 2. The van der Waals surface area contributed by atoms with E-state index in [1.165, 1.54) is 31.2 Å². The Labute approximate surface area is 145 Å². The fourth-order valence-electron chi connectivity index (χ4n) is 2.06. The van der Waals surface area contributed by atoms with Gasteiger partial charge in [-0.1, -0.05) is 0 Å². The third kappa shape index (κ3) is 4.30. The van der Waals surface area contributed by atoms with Gasteiger partial charge in [0.2, 0.25) is 5.91 Å². The molecule has 0 spiro atoms. The van der Waals surface area contributed by atoms with Crippen molar-refractivity contribution < 1.29 is 27.5 Å². The highest BCUT2D eigenvalue weighted by molar-refractivity contribution is 6.29. The SMILES string of the molecule is CCOC(=O)c1cnn(-c2ccc(NC(=O)CCl)cc2)c1C(F)(F)F. The number of rotatable bonds is 5. The van der Waals surface area contributed by atoms with Gasteiger partial charge in [0, 0.05) is 5.69 Å². The number of nitrogens with zero attached hydrogens (tertiary/aromatic N) is 2. The topological polar surface area (TPSA) is 73.2 Å². The number of nitrogens with one attached hydrogen (secondary N) is 1. The van der Waals surface area contributed by atoms with Crippen molar-refractivity contribution in [2.75, 3.05) is 17.8 Å². The highest BCUT2D eigenvalue weighted by Crippen LogP contribution is 2.34. The molecule has 25 heavy (non-hydrogen) atoms. The van der Waals surface area contributed by atoms with E-state index in [-0.39, 0.29) is 18.2 Å². The minimum Gasteiger partial charge on any atom is -0.462 e. The van der Waals surface area contributed by atoms with Crippen LogP contribution in [0.2, 0.25) is 0 Å². The molecule has 0 saturated carbocycles. The number of benzene rings is 1. The molecule has 10 heteroatoms. The summed E-state index contributed by atoms with van der Waals surface area (Å²) >= 11 is 5.36. The van der Waals surface area contributed by atoms with Crippen LogP contribution in [0.15, 0.2) is 30.5 Å². The maximum atomic E-state index is 13.4. The van der Waals surface area contributed by atoms with Gasteiger partial charge in [0.05, 0.1) is 18.5 Å². The molecule has 2 rings (SSSR count). The Morgan fingerprint density at radius 2 is 1.92 bits per heavy atom. The molecule has 0 bridgehead atoms. The summed E-state index contributed by atoms with van der Waals surface area (Å²) in [7, 11) is 0. The van der Waals surface area contributed by atoms with Gasteiger partial charge in [0.15, 0.2) is 5.69 Å². The lowest BCUT2D eigenvalue weighted by atomic mass is 10.2. The Bertz CT molecular complexity index is 773. The average molecular weight is 376 g/mol. The zero-order chi connectivity index (χ0) is 18.6. The summed E-state index contributed by atoms with van der Waals surface area (Å²) in [6, 6.07) is 5.43. The minimum atomic E-state index is -4.82. The standard InChI is InChI=1S/C15H13ClF3N3O3/c1-2-25-14(24)11-8-20-22(13(11)15(17,18)19)10-5-3-9(4-6-10)21-12(23)7-16/h3-6,8H,2,7H2,1H3,(H,21,23). The smallest absolute Gasteiger partial charge is 0.434 e. The number of aromatic nitrogens is 2. The van der Waals surface area contributed by atoms with Crippen molar-refractivity contribution in [3.63, 3.8) is 0 Å². The number of amides is 1. The first kappa shape index (κ1) is 18.8. The molecule has 0 radical (unpaired) electrons. The van der Waals surface area contributed by atoms with E-state index in [1.54, 1.807) is 0 Å². The predicted molar refractivity (Wildman–Crippen MR) is 83.9 cm³/mol. The Balaban J connectivity index is 2.42. The van der Waals surface area contributed by atoms with Gasteiger partial charge in [-0.05, 0) is 31.2 Å². The third-order valence-corrected chi connectivity index (χ3v) is 3.29. The molecule has 0 aliphatic carbocycles. The molecule has 1 N–H and O–H groups in total. The van der Waals surface area contributed by atoms with Crippen molar-refractivity contribution in [1.29, 1.82) is 0 Å². The lowest BCUT2D eigenvalue weighted by Gasteiger charge is -2.13. The molecular weight excluding hydrogens is 363 g/mol. The van der Waals surface area contributed by atoms with Crippen molar-refractivity contribution in [2.24, 2.45) is 0 Å². The van der Waals surface area contributed by atoms with Crippen LogP contribution in [0.3, 0.4) is 0 Å². The first-order valence-corrected chi connectivity index (χ1v) is 7.60. The van der Waals surface area contributed by atoms with Crippen molar-refractivity contribution in [2.45, 2.75) is 13.1 Å². The van der Waals surface area contributed by atoms with Crippen LogP contribution in [0, 0.1) is 0 Å². The van der Waals surface area contributed by atoms with E-state index in [0.29, 0.717) is 10.4 Å². The molecule has 1 aromatic heterocycles. The molecule has 2 aromatic rings. The van der Waals surface area contributed by atoms with Crippen LogP contribution in [-0.2, 0) is 15.7 Å². The summed E-state index contributed by atoms with van der Waals surface area (Å²) in [5, 5.41) is 6.11. The van der Waals surface area contributed by atoms with Crippen LogP contribution < -0.4 is 5.32 Å². The zero-order valence-corrected chi connectivity index (χ0v) is 13.7. The van der Waals surface area contributed by atoms with Crippen molar-refractivity contribution in [1.82, 2.24) is 9.78 Å². The summed E-state index contributed by atoms with van der Waals surface area (Å²) in [6.45, 7) is 1.43. The summed E-state index contributed by atoms with van der Waals surface area (Å²) < 4.78 is 45.4. The third-order valence-electron chi connectivity index (χ3n) is 3.05. The number of esters is 1. The van der Waals surface area contributed by atoms with E-state index in [4.69, 9.17) is 11.6 Å². The summed E-state index contributed by atoms with van der Waals surface area (Å²) in [5.74, 6) is -1.80. The van der Waals surface area contributed by atoms with E-state index < -0.39 is 29.3 Å². The van der Waals surface area contributed by atoms with E-state index in [9.17, 15) is 22.8 Å².